The summed E-state index contributed by atoms with van der Waals surface area (Å²) in [4.78, 5) is 13.6. The topological polar surface area (TPSA) is 76.7 Å². The standard InChI is InChI=1S/C16H23N5/c1-10(2)14-8-3-11-9-18-16(21-15(11)20-14)19-13-6-4-12(17)5-7-13/h3,8-10,12-13H,4-7,17H2,1-2H3,(H,18,19,20,21)/t12-,13-. The molecule has 0 radical (unpaired) electrons. The zero-order chi connectivity index (χ0) is 14.8. The van der Waals surface area contributed by atoms with E-state index >= 15 is 0 Å². The van der Waals surface area contributed by atoms with E-state index in [1.165, 1.54) is 0 Å². The number of nitrogens with one attached hydrogen (secondary N) is 1. The van der Waals surface area contributed by atoms with Crippen molar-refractivity contribution in [1.82, 2.24) is 15.0 Å². The fourth-order valence-electron chi connectivity index (χ4n) is 2.76. The Morgan fingerprint density at radius 2 is 1.90 bits per heavy atom. The highest BCUT2D eigenvalue weighted by atomic mass is 15.1. The minimum Gasteiger partial charge on any atom is -0.351 e. The molecule has 0 bridgehead atoms. The van der Waals surface area contributed by atoms with Crippen LogP contribution in [0.1, 0.15) is 51.1 Å². The molecular weight excluding hydrogens is 262 g/mol. The van der Waals surface area contributed by atoms with E-state index in [-0.39, 0.29) is 0 Å². The summed E-state index contributed by atoms with van der Waals surface area (Å²) >= 11 is 0. The van der Waals surface area contributed by atoms with E-state index in [2.05, 4.69) is 34.1 Å². The third-order valence-corrected chi connectivity index (χ3v) is 4.16. The van der Waals surface area contributed by atoms with Crippen LogP contribution in [0.25, 0.3) is 11.0 Å². The van der Waals surface area contributed by atoms with Gasteiger partial charge in [0.15, 0.2) is 5.65 Å². The zero-order valence-corrected chi connectivity index (χ0v) is 12.7. The van der Waals surface area contributed by atoms with Gasteiger partial charge in [0.1, 0.15) is 0 Å². The first-order valence-corrected chi connectivity index (χ1v) is 7.77. The van der Waals surface area contributed by atoms with Gasteiger partial charge in [-0.15, -0.1) is 0 Å². The highest BCUT2D eigenvalue weighted by Crippen LogP contribution is 2.21. The fourth-order valence-corrected chi connectivity index (χ4v) is 2.76. The van der Waals surface area contributed by atoms with Crippen LogP contribution < -0.4 is 11.1 Å². The van der Waals surface area contributed by atoms with E-state index in [0.29, 0.717) is 23.9 Å². The van der Waals surface area contributed by atoms with Gasteiger partial charge in [-0.05, 0) is 43.7 Å². The number of pyridine rings is 1. The average Bonchev–Trinajstić information content (AvgIpc) is 2.49. The van der Waals surface area contributed by atoms with Crippen LogP contribution >= 0.6 is 0 Å². The van der Waals surface area contributed by atoms with Crippen LogP contribution in [-0.4, -0.2) is 27.0 Å². The van der Waals surface area contributed by atoms with Crippen molar-refractivity contribution >= 4 is 17.0 Å². The first-order valence-electron chi connectivity index (χ1n) is 7.77. The Morgan fingerprint density at radius 3 is 2.62 bits per heavy atom. The SMILES string of the molecule is CC(C)c1ccc2cnc(N[C@H]3CC[C@H](N)CC3)nc2n1. The molecule has 0 aliphatic heterocycles. The van der Waals surface area contributed by atoms with Gasteiger partial charge in [0, 0.05) is 29.4 Å². The Morgan fingerprint density at radius 1 is 1.14 bits per heavy atom. The molecule has 1 aliphatic rings. The quantitative estimate of drug-likeness (QED) is 0.906. The largest absolute Gasteiger partial charge is 0.351 e. The predicted octanol–water partition coefficient (Wildman–Crippen LogP) is 2.83. The summed E-state index contributed by atoms with van der Waals surface area (Å²) in [5.74, 6) is 1.08. The van der Waals surface area contributed by atoms with Crippen LogP contribution in [0.3, 0.4) is 0 Å². The maximum atomic E-state index is 5.94. The molecule has 112 valence electrons. The third-order valence-electron chi connectivity index (χ3n) is 4.16. The Labute approximate surface area is 125 Å². The van der Waals surface area contributed by atoms with Gasteiger partial charge in [0.05, 0.1) is 0 Å². The molecule has 2 aromatic rings. The highest BCUT2D eigenvalue weighted by molar-refractivity contribution is 5.74. The highest BCUT2D eigenvalue weighted by Gasteiger charge is 2.19. The lowest BCUT2D eigenvalue weighted by Gasteiger charge is -2.26. The van der Waals surface area contributed by atoms with E-state index in [0.717, 1.165) is 42.4 Å². The van der Waals surface area contributed by atoms with Crippen molar-refractivity contribution in [2.75, 3.05) is 5.32 Å². The molecule has 0 amide bonds. The third kappa shape index (κ3) is 3.29. The zero-order valence-electron chi connectivity index (χ0n) is 12.7. The van der Waals surface area contributed by atoms with Crippen molar-refractivity contribution in [3.63, 3.8) is 0 Å². The second-order valence-electron chi connectivity index (χ2n) is 6.25. The van der Waals surface area contributed by atoms with Crippen LogP contribution in [-0.2, 0) is 0 Å². The van der Waals surface area contributed by atoms with Gasteiger partial charge in [-0.1, -0.05) is 13.8 Å². The molecule has 0 unspecified atom stereocenters. The lowest BCUT2D eigenvalue weighted by atomic mass is 9.92. The van der Waals surface area contributed by atoms with Crippen molar-refractivity contribution in [3.05, 3.63) is 24.0 Å². The molecule has 2 aromatic heterocycles. The van der Waals surface area contributed by atoms with E-state index < -0.39 is 0 Å². The molecule has 21 heavy (non-hydrogen) atoms. The molecule has 3 N–H and O–H groups in total. The number of hydrogen-bond acceptors (Lipinski definition) is 5. The maximum absolute atomic E-state index is 5.94. The Hall–Kier alpha value is -1.75. The molecule has 0 saturated heterocycles. The second kappa shape index (κ2) is 5.93. The molecule has 5 heteroatoms. The lowest BCUT2D eigenvalue weighted by molar-refractivity contribution is 0.410. The Balaban J connectivity index is 1.79. The Kier molecular flexibility index (Phi) is 4.01. The fraction of sp³-hybridized carbons (Fsp3) is 0.562. The molecule has 1 aliphatic carbocycles. The van der Waals surface area contributed by atoms with Gasteiger partial charge in [0.25, 0.3) is 0 Å². The summed E-state index contributed by atoms with van der Waals surface area (Å²) in [6.07, 6.45) is 6.16. The van der Waals surface area contributed by atoms with Crippen molar-refractivity contribution in [3.8, 4) is 0 Å². The van der Waals surface area contributed by atoms with Gasteiger partial charge < -0.3 is 11.1 Å². The van der Waals surface area contributed by atoms with Crippen LogP contribution in [0.15, 0.2) is 18.3 Å². The van der Waals surface area contributed by atoms with Crippen LogP contribution in [0.5, 0.6) is 0 Å². The van der Waals surface area contributed by atoms with Crippen molar-refractivity contribution in [2.45, 2.75) is 57.5 Å². The number of nitrogens with zero attached hydrogens (tertiary/aromatic N) is 3. The summed E-state index contributed by atoms with van der Waals surface area (Å²) in [6.45, 7) is 4.28. The number of hydrogen-bond donors (Lipinski definition) is 2. The van der Waals surface area contributed by atoms with Crippen molar-refractivity contribution < 1.29 is 0 Å². The van der Waals surface area contributed by atoms with Crippen LogP contribution in [0, 0.1) is 0 Å². The molecule has 1 saturated carbocycles. The first-order chi connectivity index (χ1) is 10.1. The van der Waals surface area contributed by atoms with Crippen molar-refractivity contribution in [1.29, 1.82) is 0 Å². The smallest absolute Gasteiger partial charge is 0.224 e. The maximum Gasteiger partial charge on any atom is 0.224 e. The summed E-state index contributed by atoms with van der Waals surface area (Å²) in [7, 11) is 0. The van der Waals surface area contributed by atoms with E-state index in [9.17, 15) is 0 Å². The molecule has 2 heterocycles. The molecule has 5 nitrogen and oxygen atoms in total. The number of anilines is 1. The first kappa shape index (κ1) is 14.2. The van der Waals surface area contributed by atoms with E-state index in [1.54, 1.807) is 0 Å². The summed E-state index contributed by atoms with van der Waals surface area (Å²) < 4.78 is 0. The van der Waals surface area contributed by atoms with Crippen LogP contribution in [0.2, 0.25) is 0 Å². The monoisotopic (exact) mass is 285 g/mol. The van der Waals surface area contributed by atoms with E-state index in [1.807, 2.05) is 18.3 Å². The Bertz CT molecular complexity index is 617. The summed E-state index contributed by atoms with van der Waals surface area (Å²) in [5.41, 5.74) is 7.78. The molecule has 0 atom stereocenters. The van der Waals surface area contributed by atoms with Crippen molar-refractivity contribution in [2.24, 2.45) is 5.73 Å². The number of nitrogens with two attached hydrogens (primary N) is 1. The predicted molar refractivity (Wildman–Crippen MR) is 85.3 cm³/mol. The summed E-state index contributed by atoms with van der Waals surface area (Å²) in [6, 6.07) is 4.87. The van der Waals surface area contributed by atoms with E-state index in [4.69, 9.17) is 5.73 Å². The number of rotatable bonds is 3. The minimum atomic E-state index is 0.357. The molecule has 0 aromatic carbocycles. The molecule has 0 spiro atoms. The summed E-state index contributed by atoms with van der Waals surface area (Å²) in [5, 5.41) is 4.41. The average molecular weight is 285 g/mol. The molecule has 3 rings (SSSR count). The minimum absolute atomic E-state index is 0.357. The molecule has 1 fully saturated rings. The van der Waals surface area contributed by atoms with Gasteiger partial charge in [-0.2, -0.15) is 4.98 Å². The van der Waals surface area contributed by atoms with Gasteiger partial charge >= 0.3 is 0 Å². The number of aromatic nitrogens is 3. The van der Waals surface area contributed by atoms with Gasteiger partial charge in [-0.25, -0.2) is 9.97 Å². The van der Waals surface area contributed by atoms with Crippen LogP contribution in [0.4, 0.5) is 5.95 Å². The molecular formula is C16H23N5. The lowest BCUT2D eigenvalue weighted by Crippen LogP contribution is -2.33. The van der Waals surface area contributed by atoms with Gasteiger partial charge in [-0.3, -0.25) is 0 Å². The number of fused-ring (bicyclic) bond motifs is 1. The second-order valence-corrected chi connectivity index (χ2v) is 6.25. The normalized spacial score (nSPS) is 22.7. The van der Waals surface area contributed by atoms with Gasteiger partial charge in [0.2, 0.25) is 5.95 Å².